The Morgan fingerprint density at radius 2 is 0.788 bits per heavy atom. The van der Waals surface area contributed by atoms with Gasteiger partial charge in [0.1, 0.15) is 0 Å². The van der Waals surface area contributed by atoms with Gasteiger partial charge in [-0.1, -0.05) is 168 Å². The van der Waals surface area contributed by atoms with Gasteiger partial charge in [-0.05, 0) is 35.7 Å². The Bertz CT molecular complexity index is 1460. The zero-order valence-electron chi connectivity index (χ0n) is 28.8. The van der Waals surface area contributed by atoms with E-state index < -0.39 is 42.2 Å². The molecule has 0 spiro atoms. The van der Waals surface area contributed by atoms with E-state index in [2.05, 4.69) is 76.8 Å². The van der Waals surface area contributed by atoms with Gasteiger partial charge in [-0.15, -0.1) is 0 Å². The summed E-state index contributed by atoms with van der Waals surface area (Å²) in [6.45, 7) is 0. The third-order valence-corrected chi connectivity index (χ3v) is 12.0. The van der Waals surface area contributed by atoms with E-state index in [9.17, 15) is 47.9 Å². The molecule has 3 aromatic carbocycles. The van der Waals surface area contributed by atoms with E-state index in [1.165, 1.54) is 16.7 Å². The fourth-order valence-corrected chi connectivity index (χ4v) is 8.53. The molecule has 0 saturated heterocycles. The molecule has 3 aromatic rings. The molecule has 0 aliphatic rings. The van der Waals surface area contributed by atoms with Crippen molar-refractivity contribution < 1.29 is 51.9 Å². The summed E-state index contributed by atoms with van der Waals surface area (Å²) in [4.78, 5) is 0. The number of halogens is 9. The quantitative estimate of drug-likeness (QED) is 0.0393. The molecule has 0 amide bonds. The Morgan fingerprint density at radius 1 is 0.462 bits per heavy atom. The van der Waals surface area contributed by atoms with Crippen LogP contribution in [0.1, 0.15) is 107 Å². The largest absolute Gasteiger partial charge is 0.460 e. The minimum absolute atomic E-state index is 0.164. The third-order valence-electron chi connectivity index (χ3n) is 9.23. The van der Waals surface area contributed by atoms with Gasteiger partial charge in [-0.2, -0.15) is 47.9 Å². The predicted octanol–water partition coefficient (Wildman–Crippen LogP) is 12.8. The zero-order chi connectivity index (χ0) is 38.4. The molecule has 1 atom stereocenters. The van der Waals surface area contributed by atoms with Crippen molar-refractivity contribution >= 4 is 18.9 Å². The van der Waals surface area contributed by atoms with Crippen molar-refractivity contribution in [3.63, 3.8) is 0 Å². The van der Waals surface area contributed by atoms with Crippen LogP contribution in [0.25, 0.3) is 0 Å². The highest BCUT2D eigenvalue weighted by Gasteiger charge is 2.85. The maximum atomic E-state index is 13.7. The molecule has 0 aliphatic heterocycles. The van der Waals surface area contributed by atoms with E-state index in [-0.39, 0.29) is 18.0 Å². The second kappa shape index (κ2) is 19.6. The second-order valence-electron chi connectivity index (χ2n) is 12.9. The van der Waals surface area contributed by atoms with Gasteiger partial charge in [0.2, 0.25) is 0 Å². The Labute approximate surface area is 302 Å². The molecule has 0 aliphatic carbocycles. The third kappa shape index (κ3) is 10.7. The molecular formula is C38H46F9O3PS. The molecule has 3 rings (SSSR count). The summed E-state index contributed by atoms with van der Waals surface area (Å²) in [5, 5.41) is -6.80. The van der Waals surface area contributed by atoms with Gasteiger partial charge in [-0.3, -0.25) is 0 Å². The van der Waals surface area contributed by atoms with E-state index in [4.69, 9.17) is 0 Å². The molecule has 0 bridgehead atoms. The average Bonchev–Trinajstić information content (AvgIpc) is 3.11. The first-order chi connectivity index (χ1) is 24.5. The maximum absolute atomic E-state index is 13.7. The van der Waals surface area contributed by atoms with Gasteiger partial charge in [-0.25, -0.2) is 3.97 Å². The van der Waals surface area contributed by atoms with Crippen molar-refractivity contribution in [2.24, 2.45) is 0 Å². The summed E-state index contributed by atoms with van der Waals surface area (Å²) < 4.78 is 143. The van der Waals surface area contributed by atoms with Gasteiger partial charge in [0.15, 0.2) is 0 Å². The van der Waals surface area contributed by atoms with E-state index in [1.54, 1.807) is 0 Å². The number of hydrogen-bond acceptors (Lipinski definition) is 3. The summed E-state index contributed by atoms with van der Waals surface area (Å²) in [5.74, 6) is -14.6. The van der Waals surface area contributed by atoms with Crippen LogP contribution in [0.15, 0.2) is 91.0 Å². The molecule has 0 heterocycles. The lowest BCUT2D eigenvalue weighted by molar-refractivity contribution is -0.382. The van der Waals surface area contributed by atoms with Gasteiger partial charge in [0, 0.05) is 14.2 Å². The van der Waals surface area contributed by atoms with Crippen molar-refractivity contribution in [2.45, 2.75) is 119 Å². The Hall–Kier alpha value is -2.63. The standard InChI is InChI=1S/C38H46F9O3PS/c39-35(40,37(43,44)45)36(41,42)38(46,47)52(48,49)50-51-30-22-11-9-7-5-3-1-2-4-6-8-10-21-29-34(31-23-15-12-16-24-31,32-25-17-13-18-26-32)33-27-19-14-20-28-33/h12-20,23-28,51H,1-11,21-22,29-30H2. The van der Waals surface area contributed by atoms with Gasteiger partial charge in [0.05, 0.1) is 0 Å². The summed E-state index contributed by atoms with van der Waals surface area (Å²) in [7, 11) is -8.10. The highest BCUT2D eigenvalue weighted by Crippen LogP contribution is 2.55. The van der Waals surface area contributed by atoms with Crippen molar-refractivity contribution in [2.75, 3.05) is 6.16 Å². The Kier molecular flexibility index (Phi) is 16.5. The molecule has 290 valence electrons. The highest BCUT2D eigenvalue weighted by molar-refractivity contribution is 7.90. The molecule has 0 saturated carbocycles. The molecule has 14 heteroatoms. The SMILES string of the molecule is O=S(=O)(OPCCCCCCCCCCCCCCCC(c1ccccc1)(c1ccccc1)c1ccccc1)C(F)(F)C(F)(F)C(F)(F)C(F)(F)F. The number of benzene rings is 3. The van der Waals surface area contributed by atoms with Crippen LogP contribution in [0.4, 0.5) is 39.5 Å². The van der Waals surface area contributed by atoms with Gasteiger partial charge in [0.25, 0.3) is 0 Å². The Morgan fingerprint density at radius 3 is 1.13 bits per heavy atom. The monoisotopic (exact) mass is 784 g/mol. The molecule has 3 nitrogen and oxygen atoms in total. The number of hydrogen-bond donors (Lipinski definition) is 0. The maximum Gasteiger partial charge on any atom is 0.460 e. The summed E-state index contributed by atoms with van der Waals surface area (Å²) >= 11 is 0. The predicted molar refractivity (Wildman–Crippen MR) is 188 cm³/mol. The number of alkyl halides is 9. The summed E-state index contributed by atoms with van der Waals surface area (Å²) in [6, 6.07) is 32.1. The number of rotatable bonds is 24. The minimum Gasteiger partial charge on any atom is -0.246 e. The van der Waals surface area contributed by atoms with Gasteiger partial charge < -0.3 is 0 Å². The van der Waals surface area contributed by atoms with E-state index in [0.29, 0.717) is 6.42 Å². The average molecular weight is 785 g/mol. The van der Waals surface area contributed by atoms with Crippen LogP contribution in [0.5, 0.6) is 0 Å². The first-order valence-electron chi connectivity index (χ1n) is 17.5. The summed E-state index contributed by atoms with van der Waals surface area (Å²) in [6.07, 6.45) is 6.02. The second-order valence-corrected chi connectivity index (χ2v) is 15.8. The highest BCUT2D eigenvalue weighted by atomic mass is 32.2. The molecular weight excluding hydrogens is 738 g/mol. The summed E-state index contributed by atoms with van der Waals surface area (Å²) in [5.41, 5.74) is 3.62. The fourth-order valence-electron chi connectivity index (χ4n) is 6.32. The van der Waals surface area contributed by atoms with Crippen LogP contribution in [0.2, 0.25) is 0 Å². The molecule has 52 heavy (non-hydrogen) atoms. The van der Waals surface area contributed by atoms with Crippen LogP contribution in [0.3, 0.4) is 0 Å². The lowest BCUT2D eigenvalue weighted by Crippen LogP contribution is -2.63. The van der Waals surface area contributed by atoms with E-state index in [0.717, 1.165) is 77.0 Å². The normalized spacial score (nSPS) is 13.6. The van der Waals surface area contributed by atoms with Crippen LogP contribution in [0, 0.1) is 0 Å². The number of unbranched alkanes of at least 4 members (excludes halogenated alkanes) is 12. The van der Waals surface area contributed by atoms with Crippen molar-refractivity contribution in [1.29, 1.82) is 0 Å². The van der Waals surface area contributed by atoms with Crippen molar-refractivity contribution in [3.05, 3.63) is 108 Å². The zero-order valence-corrected chi connectivity index (χ0v) is 30.6. The van der Waals surface area contributed by atoms with Gasteiger partial charge >= 0.3 is 33.4 Å². The van der Waals surface area contributed by atoms with Crippen LogP contribution in [-0.4, -0.2) is 37.9 Å². The molecule has 0 N–H and O–H groups in total. The van der Waals surface area contributed by atoms with Crippen LogP contribution in [-0.2, 0) is 19.5 Å². The molecule has 0 radical (unpaired) electrons. The van der Waals surface area contributed by atoms with Crippen LogP contribution < -0.4 is 0 Å². The van der Waals surface area contributed by atoms with E-state index in [1.807, 2.05) is 18.2 Å². The van der Waals surface area contributed by atoms with Crippen molar-refractivity contribution in [1.82, 2.24) is 0 Å². The first kappa shape index (κ1) is 43.8. The Balaban J connectivity index is 1.28. The fraction of sp³-hybridized carbons (Fsp3) is 0.526. The minimum atomic E-state index is -7.30. The molecule has 0 fully saturated rings. The smallest absolute Gasteiger partial charge is 0.246 e. The molecule has 1 unspecified atom stereocenters. The lowest BCUT2D eigenvalue weighted by atomic mass is 9.66. The van der Waals surface area contributed by atoms with Crippen LogP contribution >= 0.6 is 8.81 Å². The molecule has 0 aromatic heterocycles. The lowest BCUT2D eigenvalue weighted by Gasteiger charge is -2.36. The van der Waals surface area contributed by atoms with E-state index >= 15 is 0 Å². The topological polar surface area (TPSA) is 43.4 Å². The first-order valence-corrected chi connectivity index (χ1v) is 20.1. The van der Waals surface area contributed by atoms with Crippen molar-refractivity contribution in [3.8, 4) is 0 Å².